The van der Waals surface area contributed by atoms with E-state index in [4.69, 9.17) is 4.74 Å². The Kier molecular flexibility index (Phi) is 3.88. The number of carbonyl (C=O) groups is 1. The monoisotopic (exact) mass is 218 g/mol. The van der Waals surface area contributed by atoms with Crippen LogP contribution in [0.3, 0.4) is 0 Å². The van der Waals surface area contributed by atoms with Crippen molar-refractivity contribution < 1.29 is 9.53 Å². The molecule has 1 aromatic rings. The molecule has 0 aromatic heterocycles. The topological polar surface area (TPSA) is 26.3 Å². The van der Waals surface area contributed by atoms with Crippen LogP contribution in [-0.4, -0.2) is 12.9 Å². The van der Waals surface area contributed by atoms with Gasteiger partial charge in [0.15, 0.2) is 5.78 Å². The highest BCUT2D eigenvalue weighted by atomic mass is 16.5. The van der Waals surface area contributed by atoms with Crippen molar-refractivity contribution in [3.05, 3.63) is 41.5 Å². The smallest absolute Gasteiger partial charge is 0.185 e. The van der Waals surface area contributed by atoms with Gasteiger partial charge in [-0.25, -0.2) is 0 Å². The molecule has 0 unspecified atom stereocenters. The average Bonchev–Trinajstić information content (AvgIpc) is 2.27. The molecule has 0 saturated carbocycles. The fourth-order valence-electron chi connectivity index (χ4n) is 1.70. The first-order valence-electron chi connectivity index (χ1n) is 5.36. The summed E-state index contributed by atoms with van der Waals surface area (Å²) in [5, 5.41) is 0. The van der Waals surface area contributed by atoms with Gasteiger partial charge >= 0.3 is 0 Å². The van der Waals surface area contributed by atoms with Crippen molar-refractivity contribution in [2.24, 2.45) is 0 Å². The molecule has 0 spiro atoms. The minimum Gasteiger partial charge on any atom is -0.496 e. The zero-order valence-corrected chi connectivity index (χ0v) is 10.3. The quantitative estimate of drug-likeness (QED) is 0.571. The number of benzene rings is 1. The Morgan fingerprint density at radius 3 is 2.50 bits per heavy atom. The molecule has 0 amide bonds. The van der Waals surface area contributed by atoms with Gasteiger partial charge in [-0.05, 0) is 42.2 Å². The minimum absolute atomic E-state index is 0.0398. The Morgan fingerprint density at radius 1 is 1.44 bits per heavy atom. The Bertz CT molecular complexity index is 417. The van der Waals surface area contributed by atoms with Gasteiger partial charge in [0.05, 0.1) is 7.11 Å². The van der Waals surface area contributed by atoms with Crippen LogP contribution in [0.2, 0.25) is 0 Å². The van der Waals surface area contributed by atoms with Gasteiger partial charge in [0.2, 0.25) is 0 Å². The summed E-state index contributed by atoms with van der Waals surface area (Å²) in [4.78, 5) is 11.6. The lowest BCUT2D eigenvalue weighted by atomic mass is 9.94. The summed E-state index contributed by atoms with van der Waals surface area (Å²) in [6, 6.07) is 3.81. The van der Waals surface area contributed by atoms with E-state index in [9.17, 15) is 4.79 Å². The molecule has 86 valence electrons. The predicted octanol–water partition coefficient (Wildman–Crippen LogP) is 3.50. The van der Waals surface area contributed by atoms with Crippen molar-refractivity contribution in [3.8, 4) is 5.75 Å². The first-order valence-corrected chi connectivity index (χ1v) is 5.36. The van der Waals surface area contributed by atoms with E-state index < -0.39 is 0 Å². The standard InChI is InChI=1S/C14H18O2/c1-6-13(15)12-8-11(9(2)3)14(16-5)7-10(12)4/h6-9H,1H2,2-5H3. The van der Waals surface area contributed by atoms with E-state index in [1.165, 1.54) is 6.08 Å². The molecule has 0 N–H and O–H groups in total. The van der Waals surface area contributed by atoms with E-state index in [0.717, 1.165) is 16.9 Å². The summed E-state index contributed by atoms with van der Waals surface area (Å²) in [5.41, 5.74) is 2.68. The van der Waals surface area contributed by atoms with Crippen molar-refractivity contribution in [1.82, 2.24) is 0 Å². The van der Waals surface area contributed by atoms with E-state index in [1.807, 2.05) is 19.1 Å². The first-order chi connectivity index (χ1) is 7.51. The zero-order chi connectivity index (χ0) is 12.3. The van der Waals surface area contributed by atoms with E-state index in [2.05, 4.69) is 20.4 Å². The van der Waals surface area contributed by atoms with Gasteiger partial charge in [-0.15, -0.1) is 0 Å². The van der Waals surface area contributed by atoms with Crippen molar-refractivity contribution in [2.75, 3.05) is 7.11 Å². The molecule has 0 saturated heterocycles. The average molecular weight is 218 g/mol. The predicted molar refractivity (Wildman–Crippen MR) is 66.3 cm³/mol. The lowest BCUT2D eigenvalue weighted by Crippen LogP contribution is -2.02. The third-order valence-electron chi connectivity index (χ3n) is 2.65. The van der Waals surface area contributed by atoms with E-state index >= 15 is 0 Å². The SMILES string of the molecule is C=CC(=O)c1cc(C(C)C)c(OC)cc1C. The number of rotatable bonds is 4. The molecule has 0 aliphatic heterocycles. The molecule has 0 bridgehead atoms. The molecule has 2 heteroatoms. The largest absolute Gasteiger partial charge is 0.496 e. The van der Waals surface area contributed by atoms with Gasteiger partial charge in [-0.1, -0.05) is 20.4 Å². The van der Waals surface area contributed by atoms with E-state index in [-0.39, 0.29) is 5.78 Å². The summed E-state index contributed by atoms with van der Waals surface area (Å²) in [7, 11) is 1.65. The molecule has 1 aromatic carbocycles. The molecular weight excluding hydrogens is 200 g/mol. The molecule has 0 fully saturated rings. The maximum atomic E-state index is 11.6. The second kappa shape index (κ2) is 4.97. The number of aryl methyl sites for hydroxylation is 1. The maximum Gasteiger partial charge on any atom is 0.185 e. The van der Waals surface area contributed by atoms with E-state index in [0.29, 0.717) is 11.5 Å². The Balaban J connectivity index is 3.38. The van der Waals surface area contributed by atoms with Crippen LogP contribution in [-0.2, 0) is 0 Å². The normalized spacial score (nSPS) is 10.3. The molecule has 0 radical (unpaired) electrons. The highest BCUT2D eigenvalue weighted by molar-refractivity contribution is 6.05. The summed E-state index contributed by atoms with van der Waals surface area (Å²) in [5.74, 6) is 1.13. The molecule has 1 rings (SSSR count). The summed E-state index contributed by atoms with van der Waals surface area (Å²) < 4.78 is 5.32. The highest BCUT2D eigenvalue weighted by Crippen LogP contribution is 2.29. The lowest BCUT2D eigenvalue weighted by molar-refractivity contribution is 0.104. The van der Waals surface area contributed by atoms with Crippen LogP contribution in [0.5, 0.6) is 5.75 Å². The summed E-state index contributed by atoms with van der Waals surface area (Å²) in [6.45, 7) is 9.58. The molecule has 2 nitrogen and oxygen atoms in total. The Hall–Kier alpha value is -1.57. The number of methoxy groups -OCH3 is 1. The number of ether oxygens (including phenoxy) is 1. The number of ketones is 1. The fraction of sp³-hybridized carbons (Fsp3) is 0.357. The Labute approximate surface area is 96.9 Å². The summed E-state index contributed by atoms with van der Waals surface area (Å²) >= 11 is 0. The third kappa shape index (κ3) is 2.32. The number of allylic oxidation sites excluding steroid dienone is 1. The van der Waals surface area contributed by atoms with Crippen LogP contribution in [0.25, 0.3) is 0 Å². The lowest BCUT2D eigenvalue weighted by Gasteiger charge is -2.14. The number of carbonyl (C=O) groups excluding carboxylic acids is 1. The molecule has 0 atom stereocenters. The van der Waals surface area contributed by atoms with Gasteiger partial charge in [0.25, 0.3) is 0 Å². The van der Waals surface area contributed by atoms with Gasteiger partial charge < -0.3 is 4.74 Å². The maximum absolute atomic E-state index is 11.6. The zero-order valence-electron chi connectivity index (χ0n) is 10.3. The van der Waals surface area contributed by atoms with Crippen molar-refractivity contribution >= 4 is 5.78 Å². The van der Waals surface area contributed by atoms with Crippen LogP contribution >= 0.6 is 0 Å². The van der Waals surface area contributed by atoms with Gasteiger partial charge in [0.1, 0.15) is 5.75 Å². The van der Waals surface area contributed by atoms with Crippen LogP contribution in [0.4, 0.5) is 0 Å². The van der Waals surface area contributed by atoms with Crippen molar-refractivity contribution in [2.45, 2.75) is 26.7 Å². The van der Waals surface area contributed by atoms with Crippen molar-refractivity contribution in [3.63, 3.8) is 0 Å². The Morgan fingerprint density at radius 2 is 2.06 bits per heavy atom. The minimum atomic E-state index is -0.0398. The number of hydrogen-bond acceptors (Lipinski definition) is 2. The fourth-order valence-corrected chi connectivity index (χ4v) is 1.70. The molecular formula is C14H18O2. The molecule has 0 aliphatic carbocycles. The molecule has 0 aliphatic rings. The van der Waals surface area contributed by atoms with Crippen LogP contribution in [0, 0.1) is 6.92 Å². The summed E-state index contributed by atoms with van der Waals surface area (Å²) in [6.07, 6.45) is 1.35. The van der Waals surface area contributed by atoms with Gasteiger partial charge in [-0.3, -0.25) is 4.79 Å². The van der Waals surface area contributed by atoms with Crippen LogP contribution in [0.15, 0.2) is 24.8 Å². The number of hydrogen-bond donors (Lipinski definition) is 0. The second-order valence-corrected chi connectivity index (χ2v) is 4.13. The van der Waals surface area contributed by atoms with E-state index in [1.54, 1.807) is 7.11 Å². The first kappa shape index (κ1) is 12.5. The second-order valence-electron chi connectivity index (χ2n) is 4.13. The van der Waals surface area contributed by atoms with Gasteiger partial charge in [-0.2, -0.15) is 0 Å². The molecule has 16 heavy (non-hydrogen) atoms. The van der Waals surface area contributed by atoms with Crippen LogP contribution < -0.4 is 4.74 Å². The van der Waals surface area contributed by atoms with Crippen molar-refractivity contribution in [1.29, 1.82) is 0 Å². The third-order valence-corrected chi connectivity index (χ3v) is 2.65. The highest BCUT2D eigenvalue weighted by Gasteiger charge is 2.13. The molecule has 0 heterocycles. The van der Waals surface area contributed by atoms with Crippen LogP contribution in [0.1, 0.15) is 41.3 Å². The van der Waals surface area contributed by atoms with Gasteiger partial charge in [0, 0.05) is 5.56 Å².